The molecule has 12 heteroatoms. The third kappa shape index (κ3) is 6.25. The first-order valence-electron chi connectivity index (χ1n) is 8.92. The number of carbonyl (C=O) groups is 2. The lowest BCUT2D eigenvalue weighted by Crippen LogP contribution is -2.24. The van der Waals surface area contributed by atoms with E-state index < -0.39 is 11.8 Å². The van der Waals surface area contributed by atoms with E-state index in [1.807, 2.05) is 0 Å². The SMILES string of the molecule is COc1cc(C=NNC(=O)COc2ccc(-n3cnnn3)cc2)ccc1OCC(N)=O. The van der Waals surface area contributed by atoms with Crippen LogP contribution in [0.25, 0.3) is 5.69 Å². The normalized spacial score (nSPS) is 10.6. The average molecular weight is 425 g/mol. The van der Waals surface area contributed by atoms with Crippen molar-refractivity contribution >= 4 is 18.0 Å². The highest BCUT2D eigenvalue weighted by Crippen LogP contribution is 2.27. The standard InChI is InChI=1S/C19H19N7O5/c1-29-17-8-13(2-7-16(17)31-10-18(20)27)9-21-23-19(28)11-30-15-5-3-14(4-6-15)26-12-22-24-25-26/h2-9,12H,10-11H2,1H3,(H2,20,27)(H,23,28). The number of nitrogens with zero attached hydrogens (tertiary/aromatic N) is 5. The summed E-state index contributed by atoms with van der Waals surface area (Å²) in [6.45, 7) is -0.481. The smallest absolute Gasteiger partial charge is 0.277 e. The van der Waals surface area contributed by atoms with Crippen molar-refractivity contribution in [1.29, 1.82) is 0 Å². The van der Waals surface area contributed by atoms with E-state index in [0.717, 1.165) is 5.69 Å². The number of aromatic nitrogens is 4. The summed E-state index contributed by atoms with van der Waals surface area (Å²) in [5, 5.41) is 14.8. The molecule has 2 amide bonds. The van der Waals surface area contributed by atoms with Crippen molar-refractivity contribution in [2.75, 3.05) is 20.3 Å². The number of nitrogens with one attached hydrogen (secondary N) is 1. The average Bonchev–Trinajstić information content (AvgIpc) is 3.32. The Bertz CT molecular complexity index is 1050. The van der Waals surface area contributed by atoms with Crippen LogP contribution in [0.5, 0.6) is 17.2 Å². The fourth-order valence-corrected chi connectivity index (χ4v) is 2.37. The number of nitrogens with two attached hydrogens (primary N) is 1. The Kier molecular flexibility index (Phi) is 7.08. The van der Waals surface area contributed by atoms with Gasteiger partial charge in [-0.1, -0.05) is 0 Å². The second kappa shape index (κ2) is 10.3. The first kappa shape index (κ1) is 21.2. The lowest BCUT2D eigenvalue weighted by molar-refractivity contribution is -0.123. The van der Waals surface area contributed by atoms with Gasteiger partial charge in [0.05, 0.1) is 19.0 Å². The lowest BCUT2D eigenvalue weighted by atomic mass is 10.2. The first-order valence-corrected chi connectivity index (χ1v) is 8.92. The lowest BCUT2D eigenvalue weighted by Gasteiger charge is -2.09. The van der Waals surface area contributed by atoms with Crippen molar-refractivity contribution in [1.82, 2.24) is 25.6 Å². The molecule has 0 saturated heterocycles. The van der Waals surface area contributed by atoms with E-state index in [2.05, 4.69) is 26.1 Å². The molecule has 0 aliphatic rings. The van der Waals surface area contributed by atoms with Crippen LogP contribution in [0.15, 0.2) is 53.9 Å². The van der Waals surface area contributed by atoms with E-state index in [1.54, 1.807) is 42.5 Å². The zero-order valence-corrected chi connectivity index (χ0v) is 16.5. The van der Waals surface area contributed by atoms with Gasteiger partial charge in [-0.25, -0.2) is 10.1 Å². The van der Waals surface area contributed by atoms with Crippen molar-refractivity contribution in [3.63, 3.8) is 0 Å². The van der Waals surface area contributed by atoms with Crippen LogP contribution in [-0.4, -0.2) is 58.6 Å². The van der Waals surface area contributed by atoms with Crippen molar-refractivity contribution in [3.8, 4) is 22.9 Å². The van der Waals surface area contributed by atoms with E-state index >= 15 is 0 Å². The summed E-state index contributed by atoms with van der Waals surface area (Å²) in [5.41, 5.74) is 8.83. The van der Waals surface area contributed by atoms with Crippen molar-refractivity contribution in [2.24, 2.45) is 10.8 Å². The number of benzene rings is 2. The van der Waals surface area contributed by atoms with Gasteiger partial charge in [-0.05, 0) is 58.5 Å². The third-order valence-electron chi connectivity index (χ3n) is 3.78. The van der Waals surface area contributed by atoms with Gasteiger partial charge >= 0.3 is 0 Å². The number of rotatable bonds is 10. The molecule has 0 unspecified atom stereocenters. The van der Waals surface area contributed by atoms with E-state index in [4.69, 9.17) is 19.9 Å². The second-order valence-corrected chi connectivity index (χ2v) is 6.00. The number of hydrogen-bond donors (Lipinski definition) is 2. The number of hydrogen-bond acceptors (Lipinski definition) is 9. The molecule has 12 nitrogen and oxygen atoms in total. The minimum atomic E-state index is -0.596. The molecular weight excluding hydrogens is 406 g/mol. The molecule has 0 spiro atoms. The fourth-order valence-electron chi connectivity index (χ4n) is 2.37. The number of hydrazone groups is 1. The maximum Gasteiger partial charge on any atom is 0.277 e. The van der Waals surface area contributed by atoms with Crippen LogP contribution in [0.2, 0.25) is 0 Å². The minimum Gasteiger partial charge on any atom is -0.493 e. The number of tetrazole rings is 1. The summed E-state index contributed by atoms with van der Waals surface area (Å²) in [7, 11) is 1.46. The number of primary amides is 1. The first-order chi connectivity index (χ1) is 15.0. The van der Waals surface area contributed by atoms with Crippen LogP contribution in [0, 0.1) is 0 Å². The quantitative estimate of drug-likeness (QED) is 0.341. The minimum absolute atomic E-state index is 0.217. The summed E-state index contributed by atoms with van der Waals surface area (Å²) in [6.07, 6.45) is 2.90. The van der Waals surface area contributed by atoms with E-state index in [9.17, 15) is 9.59 Å². The van der Waals surface area contributed by atoms with Gasteiger partial charge in [0.1, 0.15) is 12.1 Å². The van der Waals surface area contributed by atoms with E-state index in [1.165, 1.54) is 24.3 Å². The van der Waals surface area contributed by atoms with Gasteiger partial charge in [-0.2, -0.15) is 5.10 Å². The van der Waals surface area contributed by atoms with Gasteiger partial charge in [-0.15, -0.1) is 5.10 Å². The molecule has 0 bridgehead atoms. The molecule has 0 saturated carbocycles. The zero-order chi connectivity index (χ0) is 22.1. The highest BCUT2D eigenvalue weighted by Gasteiger charge is 2.07. The topological polar surface area (TPSA) is 156 Å². The Hall–Kier alpha value is -4.48. The molecule has 160 valence electrons. The summed E-state index contributed by atoms with van der Waals surface area (Å²) in [5.74, 6) is 0.231. The Morgan fingerprint density at radius 3 is 2.61 bits per heavy atom. The van der Waals surface area contributed by atoms with Crippen molar-refractivity contribution < 1.29 is 23.8 Å². The molecule has 0 aliphatic carbocycles. The van der Waals surface area contributed by atoms with Crippen molar-refractivity contribution in [3.05, 3.63) is 54.4 Å². The number of carbonyl (C=O) groups excluding carboxylic acids is 2. The highest BCUT2D eigenvalue weighted by atomic mass is 16.5. The fraction of sp³-hybridized carbons (Fsp3) is 0.158. The van der Waals surface area contributed by atoms with Crippen LogP contribution in [0.4, 0.5) is 0 Å². The van der Waals surface area contributed by atoms with Gasteiger partial charge in [-0.3, -0.25) is 9.59 Å². The molecule has 0 atom stereocenters. The van der Waals surface area contributed by atoms with Crippen LogP contribution >= 0.6 is 0 Å². The second-order valence-electron chi connectivity index (χ2n) is 6.00. The molecule has 1 aromatic heterocycles. The molecule has 2 aromatic carbocycles. The van der Waals surface area contributed by atoms with Crippen LogP contribution in [-0.2, 0) is 9.59 Å². The van der Waals surface area contributed by atoms with E-state index in [-0.39, 0.29) is 13.2 Å². The largest absolute Gasteiger partial charge is 0.493 e. The molecular formula is C19H19N7O5. The predicted molar refractivity (Wildman–Crippen MR) is 108 cm³/mol. The number of methoxy groups -OCH3 is 1. The van der Waals surface area contributed by atoms with Crippen LogP contribution < -0.4 is 25.4 Å². The van der Waals surface area contributed by atoms with Gasteiger partial charge in [0.15, 0.2) is 24.7 Å². The number of ether oxygens (including phenoxy) is 3. The molecule has 0 fully saturated rings. The van der Waals surface area contributed by atoms with Gasteiger partial charge in [0.25, 0.3) is 11.8 Å². The summed E-state index contributed by atoms with van der Waals surface area (Å²) in [6, 6.07) is 11.8. The molecule has 0 aliphatic heterocycles. The Morgan fingerprint density at radius 2 is 1.94 bits per heavy atom. The van der Waals surface area contributed by atoms with E-state index in [0.29, 0.717) is 22.8 Å². The number of amides is 2. The molecule has 3 rings (SSSR count). The van der Waals surface area contributed by atoms with Gasteiger partial charge in [0, 0.05) is 0 Å². The third-order valence-corrected chi connectivity index (χ3v) is 3.78. The maximum absolute atomic E-state index is 11.9. The monoisotopic (exact) mass is 425 g/mol. The summed E-state index contributed by atoms with van der Waals surface area (Å²) < 4.78 is 17.4. The molecule has 3 N–H and O–H groups in total. The maximum atomic E-state index is 11.9. The van der Waals surface area contributed by atoms with Gasteiger partial charge < -0.3 is 19.9 Å². The molecule has 31 heavy (non-hydrogen) atoms. The zero-order valence-electron chi connectivity index (χ0n) is 16.5. The van der Waals surface area contributed by atoms with Crippen molar-refractivity contribution in [2.45, 2.75) is 0 Å². The van der Waals surface area contributed by atoms with Gasteiger partial charge in [0.2, 0.25) is 0 Å². The molecule has 1 heterocycles. The summed E-state index contributed by atoms with van der Waals surface area (Å²) >= 11 is 0. The summed E-state index contributed by atoms with van der Waals surface area (Å²) in [4.78, 5) is 22.7. The Morgan fingerprint density at radius 1 is 1.13 bits per heavy atom. The molecule has 0 radical (unpaired) electrons. The predicted octanol–water partition coefficient (Wildman–Crippen LogP) is 0.0641. The highest BCUT2D eigenvalue weighted by molar-refractivity contribution is 5.83. The Balaban J connectivity index is 1.48. The van der Waals surface area contributed by atoms with Crippen LogP contribution in [0.3, 0.4) is 0 Å². The Labute approximate surface area is 176 Å². The van der Waals surface area contributed by atoms with Crippen LogP contribution in [0.1, 0.15) is 5.56 Å². The molecule has 3 aromatic rings.